The van der Waals surface area contributed by atoms with E-state index in [4.69, 9.17) is 16.0 Å². The van der Waals surface area contributed by atoms with Gasteiger partial charge in [0.05, 0.1) is 5.56 Å². The Kier molecular flexibility index (Phi) is 5.52. The first-order valence-electron chi connectivity index (χ1n) is 6.33. The molecule has 1 rings (SSSR count). The lowest BCUT2D eigenvalue weighted by atomic mass is 10.0. The molecule has 0 aliphatic rings. The van der Waals surface area contributed by atoms with Crippen molar-refractivity contribution in [2.45, 2.75) is 37.8 Å². The molecule has 0 radical (unpaired) electrons. The van der Waals surface area contributed by atoms with E-state index in [0.717, 1.165) is 13.2 Å². The van der Waals surface area contributed by atoms with Crippen LogP contribution in [0.5, 0.6) is 0 Å². The van der Waals surface area contributed by atoms with Crippen molar-refractivity contribution in [2.75, 3.05) is 7.11 Å². The highest BCUT2D eigenvalue weighted by Gasteiger charge is 2.60. The number of alkyl halides is 6. The molecule has 0 amide bonds. The third-order valence-electron chi connectivity index (χ3n) is 2.72. The van der Waals surface area contributed by atoms with E-state index in [1.165, 1.54) is 19.6 Å². The fourth-order valence-electron chi connectivity index (χ4n) is 1.93. The minimum absolute atomic E-state index is 0.336. The highest BCUT2D eigenvalue weighted by atomic mass is 35.5. The van der Waals surface area contributed by atoms with E-state index in [2.05, 4.69) is 4.74 Å². The zero-order chi connectivity index (χ0) is 18.3. The van der Waals surface area contributed by atoms with Gasteiger partial charge in [0.1, 0.15) is 0 Å². The van der Waals surface area contributed by atoms with Gasteiger partial charge in [0.25, 0.3) is 5.79 Å². The Hall–Kier alpha value is -0.773. The van der Waals surface area contributed by atoms with Gasteiger partial charge in [0.2, 0.25) is 0 Å². The molecule has 1 unspecified atom stereocenters. The fourth-order valence-corrected chi connectivity index (χ4v) is 3.34. The highest BCUT2D eigenvalue weighted by Crippen LogP contribution is 2.46. The molecule has 1 aromatic carbocycles. The first-order valence-corrected chi connectivity index (χ1v) is 10.1. The van der Waals surface area contributed by atoms with Crippen LogP contribution < -0.4 is 0 Å². The number of halogens is 7. The molecule has 2 nitrogen and oxygen atoms in total. The molecule has 0 aliphatic heterocycles. The summed E-state index contributed by atoms with van der Waals surface area (Å²) < 4.78 is 89.0. The maximum absolute atomic E-state index is 13.6. The monoisotopic (exact) mass is 380 g/mol. The van der Waals surface area contributed by atoms with E-state index in [0.29, 0.717) is 12.1 Å². The molecule has 0 bridgehead atoms. The molecule has 0 saturated carbocycles. The second kappa shape index (κ2) is 6.27. The van der Waals surface area contributed by atoms with Gasteiger partial charge in [-0.25, -0.2) is 0 Å². The Morgan fingerprint density at radius 1 is 0.913 bits per heavy atom. The minimum atomic E-state index is -5.10. The van der Waals surface area contributed by atoms with Crippen molar-refractivity contribution in [2.24, 2.45) is 0 Å². The number of methoxy groups -OCH3 is 1. The summed E-state index contributed by atoms with van der Waals surface area (Å²) in [5, 5.41) is -0.500. The molecule has 1 atom stereocenters. The van der Waals surface area contributed by atoms with Gasteiger partial charge in [0.15, 0.2) is 8.32 Å². The maximum atomic E-state index is 13.6. The number of ether oxygens (including phenoxy) is 1. The topological polar surface area (TPSA) is 18.5 Å². The summed E-state index contributed by atoms with van der Waals surface area (Å²) in [6, 6.07) is 1.63. The summed E-state index contributed by atoms with van der Waals surface area (Å²) in [6.45, 7) is 4.38. The molecule has 23 heavy (non-hydrogen) atoms. The van der Waals surface area contributed by atoms with Crippen LogP contribution in [0.4, 0.5) is 26.3 Å². The Balaban J connectivity index is 3.65. The van der Waals surface area contributed by atoms with Gasteiger partial charge in [-0.3, -0.25) is 0 Å². The third-order valence-corrected chi connectivity index (χ3v) is 3.83. The summed E-state index contributed by atoms with van der Waals surface area (Å²) in [7, 11) is -2.13. The molecular weight excluding hydrogens is 366 g/mol. The van der Waals surface area contributed by atoms with Gasteiger partial charge in [-0.1, -0.05) is 11.6 Å². The summed E-state index contributed by atoms with van der Waals surface area (Å²) in [6.07, 6.45) is -9.96. The molecule has 0 spiro atoms. The Morgan fingerprint density at radius 2 is 1.39 bits per heavy atom. The quantitative estimate of drug-likeness (QED) is 0.386. The molecule has 0 aromatic heterocycles. The van der Waals surface area contributed by atoms with Crippen molar-refractivity contribution < 1.29 is 35.5 Å². The molecule has 0 fully saturated rings. The SMILES string of the molecule is COC(O[Si](C)(C)C)(c1cc(Cl)cc(C(F)(F)F)c1)C(F)(F)F. The van der Waals surface area contributed by atoms with Gasteiger partial charge in [-0.15, -0.1) is 0 Å². The Bertz CT molecular complexity index is 567. The fraction of sp³-hybridized carbons (Fsp3) is 0.538. The highest BCUT2D eigenvalue weighted by molar-refractivity contribution is 6.69. The molecule has 0 heterocycles. The van der Waals surface area contributed by atoms with Crippen molar-refractivity contribution in [1.29, 1.82) is 0 Å². The smallest absolute Gasteiger partial charge is 0.380 e. The van der Waals surface area contributed by atoms with Gasteiger partial charge in [-0.2, -0.15) is 26.3 Å². The zero-order valence-electron chi connectivity index (χ0n) is 12.7. The number of hydrogen-bond donors (Lipinski definition) is 0. The summed E-state index contributed by atoms with van der Waals surface area (Å²) in [5.41, 5.74) is -2.17. The molecule has 0 N–H and O–H groups in total. The first-order chi connectivity index (χ1) is 10.1. The van der Waals surface area contributed by atoms with Crippen molar-refractivity contribution >= 4 is 19.9 Å². The maximum Gasteiger partial charge on any atom is 0.447 e. The zero-order valence-corrected chi connectivity index (χ0v) is 14.5. The molecule has 0 aliphatic carbocycles. The van der Waals surface area contributed by atoms with E-state index in [1.54, 1.807) is 0 Å². The minimum Gasteiger partial charge on any atom is -0.380 e. The number of rotatable bonds is 4. The van der Waals surface area contributed by atoms with Crippen molar-refractivity contribution in [3.63, 3.8) is 0 Å². The van der Waals surface area contributed by atoms with E-state index in [-0.39, 0.29) is 0 Å². The van der Waals surface area contributed by atoms with E-state index in [1.807, 2.05) is 0 Å². The van der Waals surface area contributed by atoms with Gasteiger partial charge >= 0.3 is 12.4 Å². The van der Waals surface area contributed by atoms with Crippen LogP contribution in [0.15, 0.2) is 18.2 Å². The average Bonchev–Trinajstić information content (AvgIpc) is 2.31. The second-order valence-electron chi connectivity index (χ2n) is 5.76. The molecule has 132 valence electrons. The van der Waals surface area contributed by atoms with Gasteiger partial charge < -0.3 is 9.16 Å². The van der Waals surface area contributed by atoms with Crippen molar-refractivity contribution in [1.82, 2.24) is 0 Å². The molecule has 1 aromatic rings. The van der Waals surface area contributed by atoms with Crippen LogP contribution in [0.3, 0.4) is 0 Å². The van der Waals surface area contributed by atoms with Crippen LogP contribution in [0.25, 0.3) is 0 Å². The van der Waals surface area contributed by atoms with Crippen molar-refractivity contribution in [3.05, 3.63) is 34.3 Å². The lowest BCUT2D eigenvalue weighted by Gasteiger charge is -2.39. The predicted molar refractivity (Wildman–Crippen MR) is 75.6 cm³/mol. The number of benzene rings is 1. The number of hydrogen-bond acceptors (Lipinski definition) is 2. The van der Waals surface area contributed by atoms with Crippen LogP contribution >= 0.6 is 11.6 Å². The molecule has 0 saturated heterocycles. The summed E-state index contributed by atoms with van der Waals surface area (Å²) >= 11 is 5.57. The van der Waals surface area contributed by atoms with Crippen molar-refractivity contribution in [3.8, 4) is 0 Å². The van der Waals surface area contributed by atoms with Crippen LogP contribution in [-0.4, -0.2) is 21.6 Å². The lowest BCUT2D eigenvalue weighted by Crippen LogP contribution is -2.52. The Labute approximate surface area is 135 Å². The first kappa shape index (κ1) is 20.3. The molecule has 10 heteroatoms. The predicted octanol–water partition coefficient (Wildman–Crippen LogP) is 5.57. The van der Waals surface area contributed by atoms with E-state index in [9.17, 15) is 26.3 Å². The summed E-state index contributed by atoms with van der Waals surface area (Å²) in [5.74, 6) is -3.32. The van der Waals surface area contributed by atoms with E-state index >= 15 is 0 Å². The average molecular weight is 381 g/mol. The van der Waals surface area contributed by atoms with Crippen LogP contribution in [0.2, 0.25) is 24.7 Å². The van der Waals surface area contributed by atoms with Crippen LogP contribution in [0, 0.1) is 0 Å². The standard InChI is InChI=1S/C13H15ClF6O2Si/c1-21-11(13(18,19)20,22-23(2,3)4)8-5-9(12(15,16)17)7-10(14)6-8/h5-7H,1-4H3. The normalized spacial score (nSPS) is 16.3. The second-order valence-corrected chi connectivity index (χ2v) is 10.6. The van der Waals surface area contributed by atoms with Crippen LogP contribution in [-0.2, 0) is 21.1 Å². The summed E-state index contributed by atoms with van der Waals surface area (Å²) in [4.78, 5) is 0. The van der Waals surface area contributed by atoms with E-state index < -0.39 is 42.6 Å². The third kappa shape index (κ3) is 4.62. The van der Waals surface area contributed by atoms with Gasteiger partial charge in [-0.05, 0) is 37.8 Å². The van der Waals surface area contributed by atoms with Crippen LogP contribution in [0.1, 0.15) is 11.1 Å². The van der Waals surface area contributed by atoms with Gasteiger partial charge in [0, 0.05) is 17.7 Å². The Morgan fingerprint density at radius 3 is 1.74 bits per heavy atom. The lowest BCUT2D eigenvalue weighted by molar-refractivity contribution is -0.358. The largest absolute Gasteiger partial charge is 0.447 e. The molecular formula is C13H15ClF6O2Si.